The van der Waals surface area contributed by atoms with E-state index < -0.39 is 0 Å². The fourth-order valence-electron chi connectivity index (χ4n) is 1.67. The molecule has 19 heavy (non-hydrogen) atoms. The van der Waals surface area contributed by atoms with Gasteiger partial charge in [-0.2, -0.15) is 0 Å². The summed E-state index contributed by atoms with van der Waals surface area (Å²) >= 11 is 0. The standard InChI is InChI=1S/C14H16N4O/c1-10-8-16-6-5-11(10)9-17-14(19)18-13-4-2-3-12(15)7-13/h2-8H,9,15H2,1H3,(H2,17,18,19). The predicted octanol–water partition coefficient (Wildman–Crippen LogP) is 2.29. The topological polar surface area (TPSA) is 80.0 Å². The Hall–Kier alpha value is -2.56. The largest absolute Gasteiger partial charge is 0.399 e. The second-order valence-electron chi connectivity index (χ2n) is 4.24. The molecule has 1 aromatic carbocycles. The fourth-order valence-corrected chi connectivity index (χ4v) is 1.67. The number of hydrogen-bond donors (Lipinski definition) is 3. The Morgan fingerprint density at radius 1 is 1.37 bits per heavy atom. The highest BCUT2D eigenvalue weighted by molar-refractivity contribution is 5.89. The van der Waals surface area contributed by atoms with Crippen LogP contribution in [-0.4, -0.2) is 11.0 Å². The van der Waals surface area contributed by atoms with Crippen LogP contribution in [0.5, 0.6) is 0 Å². The quantitative estimate of drug-likeness (QED) is 0.737. The maximum absolute atomic E-state index is 11.7. The summed E-state index contributed by atoms with van der Waals surface area (Å²) in [7, 11) is 0. The van der Waals surface area contributed by atoms with Crippen molar-refractivity contribution in [2.75, 3.05) is 11.1 Å². The summed E-state index contributed by atoms with van der Waals surface area (Å²) in [6.07, 6.45) is 3.48. The van der Waals surface area contributed by atoms with Crippen molar-refractivity contribution in [3.05, 3.63) is 53.9 Å². The third-order valence-corrected chi connectivity index (χ3v) is 2.72. The molecule has 0 radical (unpaired) electrons. The maximum Gasteiger partial charge on any atom is 0.319 e. The zero-order valence-electron chi connectivity index (χ0n) is 10.7. The van der Waals surface area contributed by atoms with Crippen molar-refractivity contribution in [3.8, 4) is 0 Å². The van der Waals surface area contributed by atoms with Gasteiger partial charge >= 0.3 is 6.03 Å². The zero-order valence-corrected chi connectivity index (χ0v) is 10.7. The van der Waals surface area contributed by atoms with Crippen molar-refractivity contribution < 1.29 is 4.79 Å². The number of hydrogen-bond acceptors (Lipinski definition) is 3. The summed E-state index contributed by atoms with van der Waals surface area (Å²) in [5.41, 5.74) is 9.01. The average Bonchev–Trinajstić information content (AvgIpc) is 2.38. The number of anilines is 2. The van der Waals surface area contributed by atoms with Gasteiger partial charge in [0.15, 0.2) is 0 Å². The molecule has 1 aromatic heterocycles. The van der Waals surface area contributed by atoms with Crippen LogP contribution in [0.25, 0.3) is 0 Å². The van der Waals surface area contributed by atoms with E-state index in [0.717, 1.165) is 11.1 Å². The number of nitrogens with two attached hydrogens (primary N) is 1. The number of aromatic nitrogens is 1. The summed E-state index contributed by atoms with van der Waals surface area (Å²) in [4.78, 5) is 15.7. The molecule has 2 rings (SSSR count). The van der Waals surface area contributed by atoms with Gasteiger partial charge in [-0.1, -0.05) is 6.07 Å². The lowest BCUT2D eigenvalue weighted by Gasteiger charge is -2.09. The predicted molar refractivity (Wildman–Crippen MR) is 75.7 cm³/mol. The van der Waals surface area contributed by atoms with E-state index in [2.05, 4.69) is 15.6 Å². The number of pyridine rings is 1. The molecule has 0 unspecified atom stereocenters. The van der Waals surface area contributed by atoms with Crippen LogP contribution in [0, 0.1) is 6.92 Å². The molecule has 2 aromatic rings. The van der Waals surface area contributed by atoms with Crippen LogP contribution < -0.4 is 16.4 Å². The third kappa shape index (κ3) is 3.70. The Balaban J connectivity index is 1.90. The molecule has 4 N–H and O–H groups in total. The normalized spacial score (nSPS) is 9.95. The molecule has 0 saturated carbocycles. The number of urea groups is 1. The highest BCUT2D eigenvalue weighted by Gasteiger charge is 2.03. The van der Waals surface area contributed by atoms with Crippen LogP contribution >= 0.6 is 0 Å². The van der Waals surface area contributed by atoms with Gasteiger partial charge in [0.25, 0.3) is 0 Å². The number of amides is 2. The van der Waals surface area contributed by atoms with E-state index in [-0.39, 0.29) is 6.03 Å². The van der Waals surface area contributed by atoms with Crippen molar-refractivity contribution >= 4 is 17.4 Å². The van der Waals surface area contributed by atoms with Gasteiger partial charge in [-0.3, -0.25) is 4.98 Å². The zero-order chi connectivity index (χ0) is 13.7. The van der Waals surface area contributed by atoms with Crippen LogP contribution in [0.15, 0.2) is 42.7 Å². The van der Waals surface area contributed by atoms with E-state index in [1.54, 1.807) is 36.7 Å². The molecular weight excluding hydrogens is 240 g/mol. The minimum Gasteiger partial charge on any atom is -0.399 e. The second kappa shape index (κ2) is 5.86. The Bertz CT molecular complexity index is 583. The van der Waals surface area contributed by atoms with Gasteiger partial charge in [-0.25, -0.2) is 4.79 Å². The van der Waals surface area contributed by atoms with E-state index in [1.807, 2.05) is 13.0 Å². The summed E-state index contributed by atoms with van der Waals surface area (Å²) in [6.45, 7) is 2.42. The first-order chi connectivity index (χ1) is 9.15. The van der Waals surface area contributed by atoms with Crippen LogP contribution in [0.4, 0.5) is 16.2 Å². The highest BCUT2D eigenvalue weighted by atomic mass is 16.2. The van der Waals surface area contributed by atoms with Gasteiger partial charge in [0, 0.05) is 30.3 Å². The number of aryl methyl sites for hydroxylation is 1. The van der Waals surface area contributed by atoms with Crippen molar-refractivity contribution in [3.63, 3.8) is 0 Å². The van der Waals surface area contributed by atoms with Crippen LogP contribution in [-0.2, 0) is 6.54 Å². The van der Waals surface area contributed by atoms with Crippen molar-refractivity contribution in [1.29, 1.82) is 0 Å². The molecule has 2 amide bonds. The molecule has 0 atom stereocenters. The van der Waals surface area contributed by atoms with Gasteiger partial charge in [0.2, 0.25) is 0 Å². The lowest BCUT2D eigenvalue weighted by molar-refractivity contribution is 0.251. The number of benzene rings is 1. The monoisotopic (exact) mass is 256 g/mol. The molecule has 0 saturated heterocycles. The first-order valence-electron chi connectivity index (χ1n) is 5.95. The summed E-state index contributed by atoms with van der Waals surface area (Å²) in [6, 6.07) is 8.67. The van der Waals surface area contributed by atoms with Gasteiger partial charge in [-0.15, -0.1) is 0 Å². The molecule has 98 valence electrons. The fraction of sp³-hybridized carbons (Fsp3) is 0.143. The highest BCUT2D eigenvalue weighted by Crippen LogP contribution is 2.11. The number of carbonyl (C=O) groups is 1. The summed E-state index contributed by atoms with van der Waals surface area (Å²) < 4.78 is 0. The summed E-state index contributed by atoms with van der Waals surface area (Å²) in [5, 5.41) is 5.52. The maximum atomic E-state index is 11.7. The Morgan fingerprint density at radius 3 is 2.95 bits per heavy atom. The molecular formula is C14H16N4O. The van der Waals surface area contributed by atoms with Gasteiger partial charge in [-0.05, 0) is 42.3 Å². The molecule has 1 heterocycles. The Kier molecular flexibility index (Phi) is 3.97. The number of rotatable bonds is 3. The minimum absolute atomic E-state index is 0.262. The molecule has 0 spiro atoms. The van der Waals surface area contributed by atoms with Gasteiger partial charge < -0.3 is 16.4 Å². The minimum atomic E-state index is -0.262. The SMILES string of the molecule is Cc1cnccc1CNC(=O)Nc1cccc(N)c1. The molecule has 5 nitrogen and oxygen atoms in total. The smallest absolute Gasteiger partial charge is 0.319 e. The van der Waals surface area contributed by atoms with E-state index >= 15 is 0 Å². The van der Waals surface area contributed by atoms with Crippen molar-refractivity contribution in [2.45, 2.75) is 13.5 Å². The lowest BCUT2D eigenvalue weighted by atomic mass is 10.1. The van der Waals surface area contributed by atoms with Crippen LogP contribution in [0.1, 0.15) is 11.1 Å². The van der Waals surface area contributed by atoms with Gasteiger partial charge in [0.05, 0.1) is 0 Å². The molecule has 0 fully saturated rings. The number of nitrogens with zero attached hydrogens (tertiary/aromatic N) is 1. The van der Waals surface area contributed by atoms with E-state index in [0.29, 0.717) is 17.9 Å². The lowest BCUT2D eigenvalue weighted by Crippen LogP contribution is -2.28. The van der Waals surface area contributed by atoms with Gasteiger partial charge in [0.1, 0.15) is 0 Å². The third-order valence-electron chi connectivity index (χ3n) is 2.72. The Morgan fingerprint density at radius 2 is 2.21 bits per heavy atom. The van der Waals surface area contributed by atoms with Crippen molar-refractivity contribution in [2.24, 2.45) is 0 Å². The molecule has 0 aliphatic heterocycles. The molecule has 5 heteroatoms. The first-order valence-corrected chi connectivity index (χ1v) is 5.95. The Labute approximate surface area is 111 Å². The number of nitrogen functional groups attached to an aromatic ring is 1. The molecule has 0 bridgehead atoms. The summed E-state index contributed by atoms with van der Waals surface area (Å²) in [5.74, 6) is 0. The van der Waals surface area contributed by atoms with Crippen LogP contribution in [0.2, 0.25) is 0 Å². The van der Waals surface area contributed by atoms with E-state index in [9.17, 15) is 4.79 Å². The van der Waals surface area contributed by atoms with E-state index in [4.69, 9.17) is 5.73 Å². The first kappa shape index (κ1) is 12.9. The number of nitrogens with one attached hydrogen (secondary N) is 2. The van der Waals surface area contributed by atoms with Crippen molar-refractivity contribution in [1.82, 2.24) is 10.3 Å². The average molecular weight is 256 g/mol. The molecule has 0 aliphatic carbocycles. The second-order valence-corrected chi connectivity index (χ2v) is 4.24. The molecule has 0 aliphatic rings. The van der Waals surface area contributed by atoms with Crippen LogP contribution in [0.3, 0.4) is 0 Å². The number of carbonyl (C=O) groups excluding carboxylic acids is 1. The van der Waals surface area contributed by atoms with E-state index in [1.165, 1.54) is 0 Å².